The summed E-state index contributed by atoms with van der Waals surface area (Å²) in [6.07, 6.45) is 3.50. The van der Waals surface area contributed by atoms with Gasteiger partial charge in [0.1, 0.15) is 0 Å². The van der Waals surface area contributed by atoms with Crippen molar-refractivity contribution in [2.45, 2.75) is 10.7 Å². The molecule has 0 aromatic carbocycles. The summed E-state index contributed by atoms with van der Waals surface area (Å²) in [5, 5.41) is 1.53. The van der Waals surface area contributed by atoms with E-state index in [4.69, 9.17) is 0 Å². The Labute approximate surface area is 76.3 Å². The largest absolute Gasteiger partial charge is 0.261 e. The van der Waals surface area contributed by atoms with Crippen LogP contribution in [0.5, 0.6) is 0 Å². The molecule has 0 bridgehead atoms. The van der Waals surface area contributed by atoms with Crippen molar-refractivity contribution in [3.63, 3.8) is 0 Å². The van der Waals surface area contributed by atoms with Crippen molar-refractivity contribution < 1.29 is 0 Å². The standard InChI is InChI=1S/C6H6Br2N2/c7-1-5-3-9-4-6(2-8)10-5/h3-4H,1-2H2. The van der Waals surface area contributed by atoms with Crippen LogP contribution in [-0.2, 0) is 10.7 Å². The molecule has 0 aliphatic carbocycles. The van der Waals surface area contributed by atoms with Gasteiger partial charge in [0.15, 0.2) is 0 Å². The molecule has 0 amide bonds. The van der Waals surface area contributed by atoms with E-state index in [-0.39, 0.29) is 0 Å². The Kier molecular flexibility index (Phi) is 3.28. The second-order valence-corrected chi connectivity index (χ2v) is 2.89. The topological polar surface area (TPSA) is 25.8 Å². The van der Waals surface area contributed by atoms with Gasteiger partial charge in [0, 0.05) is 23.1 Å². The highest BCUT2D eigenvalue weighted by molar-refractivity contribution is 9.08. The van der Waals surface area contributed by atoms with Gasteiger partial charge in [-0.25, -0.2) is 0 Å². The number of halogens is 2. The maximum Gasteiger partial charge on any atom is 0.0695 e. The fourth-order valence-corrected chi connectivity index (χ4v) is 1.12. The van der Waals surface area contributed by atoms with Gasteiger partial charge in [0.25, 0.3) is 0 Å². The number of hydrogen-bond acceptors (Lipinski definition) is 2. The van der Waals surface area contributed by atoms with E-state index in [0.717, 1.165) is 22.0 Å². The van der Waals surface area contributed by atoms with Crippen LogP contribution in [0.2, 0.25) is 0 Å². The van der Waals surface area contributed by atoms with E-state index in [9.17, 15) is 0 Å². The number of alkyl halides is 2. The molecule has 2 nitrogen and oxygen atoms in total. The Balaban J connectivity index is 2.87. The average molecular weight is 266 g/mol. The summed E-state index contributed by atoms with van der Waals surface area (Å²) < 4.78 is 0. The first-order chi connectivity index (χ1) is 4.86. The molecular formula is C6H6Br2N2. The van der Waals surface area contributed by atoms with Crippen LogP contribution >= 0.6 is 31.9 Å². The Morgan fingerprint density at radius 2 is 1.60 bits per heavy atom. The maximum absolute atomic E-state index is 4.25. The molecule has 0 saturated carbocycles. The van der Waals surface area contributed by atoms with Crippen molar-refractivity contribution in [2.24, 2.45) is 0 Å². The fraction of sp³-hybridized carbons (Fsp3) is 0.333. The van der Waals surface area contributed by atoms with E-state index in [1.807, 2.05) is 0 Å². The summed E-state index contributed by atoms with van der Waals surface area (Å²) in [5.41, 5.74) is 1.94. The molecular weight excluding hydrogens is 260 g/mol. The quantitative estimate of drug-likeness (QED) is 0.767. The Hall–Kier alpha value is 0.0400. The van der Waals surface area contributed by atoms with Gasteiger partial charge < -0.3 is 0 Å². The van der Waals surface area contributed by atoms with E-state index >= 15 is 0 Å². The zero-order valence-electron chi connectivity index (χ0n) is 5.22. The van der Waals surface area contributed by atoms with Gasteiger partial charge in [-0.2, -0.15) is 0 Å². The van der Waals surface area contributed by atoms with E-state index in [1.54, 1.807) is 12.4 Å². The number of hydrogen-bond donors (Lipinski definition) is 0. The zero-order chi connectivity index (χ0) is 7.40. The van der Waals surface area contributed by atoms with Crippen molar-refractivity contribution >= 4 is 31.9 Å². The van der Waals surface area contributed by atoms with Crippen molar-refractivity contribution in [2.75, 3.05) is 0 Å². The van der Waals surface area contributed by atoms with Crippen LogP contribution in [0.4, 0.5) is 0 Å². The van der Waals surface area contributed by atoms with Gasteiger partial charge in [-0.15, -0.1) is 0 Å². The van der Waals surface area contributed by atoms with Crippen molar-refractivity contribution in [1.82, 2.24) is 9.97 Å². The molecule has 54 valence electrons. The Bertz CT molecular complexity index is 195. The zero-order valence-corrected chi connectivity index (χ0v) is 8.39. The molecule has 0 radical (unpaired) electrons. The van der Waals surface area contributed by atoms with Gasteiger partial charge in [-0.1, -0.05) is 31.9 Å². The van der Waals surface area contributed by atoms with Gasteiger partial charge in [-0.3, -0.25) is 9.97 Å². The maximum atomic E-state index is 4.25. The third-order valence-corrected chi connectivity index (χ3v) is 2.16. The molecule has 1 rings (SSSR count). The highest BCUT2D eigenvalue weighted by Gasteiger charge is 1.93. The first-order valence-electron chi connectivity index (χ1n) is 2.78. The lowest BCUT2D eigenvalue weighted by molar-refractivity contribution is 1.04. The molecule has 0 aliphatic heterocycles. The number of aromatic nitrogens is 2. The predicted molar refractivity (Wildman–Crippen MR) is 47.3 cm³/mol. The molecule has 0 saturated heterocycles. The van der Waals surface area contributed by atoms with E-state index < -0.39 is 0 Å². The Morgan fingerprint density at radius 1 is 1.10 bits per heavy atom. The van der Waals surface area contributed by atoms with Crippen LogP contribution in [0.3, 0.4) is 0 Å². The highest BCUT2D eigenvalue weighted by atomic mass is 79.9. The van der Waals surface area contributed by atoms with Gasteiger partial charge >= 0.3 is 0 Å². The SMILES string of the molecule is BrCc1cncc(CBr)n1. The minimum absolute atomic E-state index is 0.765. The average Bonchev–Trinajstić information content (AvgIpc) is 2.05. The molecule has 0 fully saturated rings. The van der Waals surface area contributed by atoms with Crippen LogP contribution < -0.4 is 0 Å². The summed E-state index contributed by atoms with van der Waals surface area (Å²) in [5.74, 6) is 0. The van der Waals surface area contributed by atoms with Crippen LogP contribution in [0.15, 0.2) is 12.4 Å². The van der Waals surface area contributed by atoms with Crippen molar-refractivity contribution in [1.29, 1.82) is 0 Å². The van der Waals surface area contributed by atoms with Crippen LogP contribution in [0, 0.1) is 0 Å². The second kappa shape index (κ2) is 4.03. The molecule has 0 spiro atoms. The number of nitrogens with zero attached hydrogens (tertiary/aromatic N) is 2. The molecule has 1 aromatic heterocycles. The van der Waals surface area contributed by atoms with Crippen LogP contribution in [0.1, 0.15) is 11.4 Å². The summed E-state index contributed by atoms with van der Waals surface area (Å²) in [6, 6.07) is 0. The lowest BCUT2D eigenvalue weighted by Gasteiger charge is -1.95. The molecule has 0 N–H and O–H groups in total. The molecule has 10 heavy (non-hydrogen) atoms. The van der Waals surface area contributed by atoms with Gasteiger partial charge in [0.05, 0.1) is 11.4 Å². The molecule has 0 atom stereocenters. The minimum atomic E-state index is 0.765. The van der Waals surface area contributed by atoms with E-state index in [1.165, 1.54) is 0 Å². The lowest BCUT2D eigenvalue weighted by Crippen LogP contribution is -1.91. The lowest BCUT2D eigenvalue weighted by atomic mass is 10.4. The normalized spacial score (nSPS) is 9.80. The van der Waals surface area contributed by atoms with E-state index in [2.05, 4.69) is 41.8 Å². The third kappa shape index (κ3) is 2.02. The first-order valence-corrected chi connectivity index (χ1v) is 5.03. The first kappa shape index (κ1) is 8.14. The molecule has 0 unspecified atom stereocenters. The Morgan fingerprint density at radius 3 is 2.00 bits per heavy atom. The monoisotopic (exact) mass is 264 g/mol. The number of rotatable bonds is 2. The molecule has 4 heteroatoms. The minimum Gasteiger partial charge on any atom is -0.261 e. The molecule has 0 aliphatic rings. The highest BCUT2D eigenvalue weighted by Crippen LogP contribution is 2.03. The molecule has 1 aromatic rings. The van der Waals surface area contributed by atoms with Crippen LogP contribution in [0.25, 0.3) is 0 Å². The fourth-order valence-electron chi connectivity index (χ4n) is 0.580. The van der Waals surface area contributed by atoms with E-state index in [0.29, 0.717) is 0 Å². The summed E-state index contributed by atoms with van der Waals surface area (Å²) in [7, 11) is 0. The summed E-state index contributed by atoms with van der Waals surface area (Å²) >= 11 is 6.61. The van der Waals surface area contributed by atoms with Gasteiger partial charge in [0.2, 0.25) is 0 Å². The molecule has 1 heterocycles. The summed E-state index contributed by atoms with van der Waals surface area (Å²) in [4.78, 5) is 8.26. The van der Waals surface area contributed by atoms with Crippen molar-refractivity contribution in [3.05, 3.63) is 23.8 Å². The van der Waals surface area contributed by atoms with Gasteiger partial charge in [-0.05, 0) is 0 Å². The third-order valence-electron chi connectivity index (χ3n) is 1.01. The van der Waals surface area contributed by atoms with Crippen LogP contribution in [-0.4, -0.2) is 9.97 Å². The smallest absolute Gasteiger partial charge is 0.0695 e. The van der Waals surface area contributed by atoms with Crippen molar-refractivity contribution in [3.8, 4) is 0 Å². The predicted octanol–water partition coefficient (Wildman–Crippen LogP) is 2.27. The second-order valence-electron chi connectivity index (χ2n) is 1.77. The summed E-state index contributed by atoms with van der Waals surface area (Å²) in [6.45, 7) is 0.